The van der Waals surface area contributed by atoms with E-state index in [4.69, 9.17) is 19.4 Å². The van der Waals surface area contributed by atoms with Crippen LogP contribution in [0.5, 0.6) is 0 Å². The Labute approximate surface area is 376 Å². The van der Waals surface area contributed by atoms with E-state index in [2.05, 4.69) is 162 Å². The highest BCUT2D eigenvalue weighted by atomic mass is 32.1. The molecule has 0 spiro atoms. The maximum atomic E-state index is 6.38. The monoisotopic (exact) mass is 846 g/mol. The molecular weight excluding hydrogens is 813 g/mol. The Morgan fingerprint density at radius 1 is 0.354 bits per heavy atom. The van der Waals surface area contributed by atoms with Gasteiger partial charge >= 0.3 is 0 Å². The Kier molecular flexibility index (Phi) is 7.79. The standard InChI is InChI=1S/C59H34N4OS/c1-2-15-36(16-3-1)57-60-58(62-59(61-57)45-23-12-26-51-54(45)44-21-9-11-25-50(44)64-51)43-30-29-39(63-48-24-10-8-20-41(48)47-32-37-17-4-5-18-38(37)33-49(47)63)34-46(43)42-22-13-27-52-56(42)55-40-19-7-6-14-35(40)28-31-53(55)65-52/h1-34H. The highest BCUT2D eigenvalue weighted by Gasteiger charge is 2.23. The van der Waals surface area contributed by atoms with Crippen molar-refractivity contribution < 1.29 is 4.42 Å². The summed E-state index contributed by atoms with van der Waals surface area (Å²) in [6.07, 6.45) is 0. The van der Waals surface area contributed by atoms with Crippen molar-refractivity contribution in [1.82, 2.24) is 19.5 Å². The van der Waals surface area contributed by atoms with Gasteiger partial charge in [0, 0.05) is 64.1 Å². The molecule has 65 heavy (non-hydrogen) atoms. The van der Waals surface area contributed by atoms with Gasteiger partial charge in [-0.2, -0.15) is 0 Å². The molecule has 0 amide bonds. The average molecular weight is 847 g/mol. The summed E-state index contributed by atoms with van der Waals surface area (Å²) in [4.78, 5) is 16.1. The van der Waals surface area contributed by atoms with Gasteiger partial charge in [0.2, 0.25) is 0 Å². The van der Waals surface area contributed by atoms with Crippen LogP contribution in [0.25, 0.3) is 136 Å². The van der Waals surface area contributed by atoms with Crippen molar-refractivity contribution in [2.24, 2.45) is 0 Å². The molecule has 6 heteroatoms. The maximum Gasteiger partial charge on any atom is 0.164 e. The van der Waals surface area contributed by atoms with E-state index in [1.807, 2.05) is 59.9 Å². The zero-order chi connectivity index (χ0) is 42.6. The van der Waals surface area contributed by atoms with Crippen LogP contribution in [-0.4, -0.2) is 19.5 Å². The largest absolute Gasteiger partial charge is 0.456 e. The fourth-order valence-corrected chi connectivity index (χ4v) is 11.3. The van der Waals surface area contributed by atoms with Gasteiger partial charge in [0.15, 0.2) is 17.5 Å². The first-order valence-corrected chi connectivity index (χ1v) is 22.7. The van der Waals surface area contributed by atoms with Gasteiger partial charge in [-0.1, -0.05) is 146 Å². The van der Waals surface area contributed by atoms with Gasteiger partial charge in [-0.3, -0.25) is 0 Å². The van der Waals surface area contributed by atoms with Crippen molar-refractivity contribution in [2.45, 2.75) is 0 Å². The summed E-state index contributed by atoms with van der Waals surface area (Å²) in [5.74, 6) is 1.78. The summed E-state index contributed by atoms with van der Waals surface area (Å²) in [6, 6.07) is 73.4. The van der Waals surface area contributed by atoms with Gasteiger partial charge in [-0.05, 0) is 93.3 Å². The number of rotatable bonds is 5. The highest BCUT2D eigenvalue weighted by molar-refractivity contribution is 7.26. The SMILES string of the molecule is c1ccc(-c2nc(-c3ccc(-n4c5ccccc5c5cc6ccccc6cc54)cc3-c3cccc4sc5ccc6ccccc6c5c34)nc(-c3cccc4oc5ccccc5c34)n2)cc1. The average Bonchev–Trinajstić information content (AvgIpc) is 4.05. The molecule has 0 atom stereocenters. The summed E-state index contributed by atoms with van der Waals surface area (Å²) >= 11 is 1.84. The van der Waals surface area contributed by atoms with Crippen molar-refractivity contribution in [2.75, 3.05) is 0 Å². The summed E-state index contributed by atoms with van der Waals surface area (Å²) < 4.78 is 11.3. The molecule has 4 aromatic heterocycles. The molecule has 0 bridgehead atoms. The molecule has 5 nitrogen and oxygen atoms in total. The first-order valence-electron chi connectivity index (χ1n) is 21.8. The van der Waals surface area contributed by atoms with E-state index in [1.165, 1.54) is 52.5 Å². The van der Waals surface area contributed by atoms with Crippen LogP contribution < -0.4 is 0 Å². The molecule has 14 rings (SSSR count). The number of fused-ring (bicyclic) bond motifs is 12. The zero-order valence-electron chi connectivity index (χ0n) is 34.7. The molecule has 0 fully saturated rings. The molecule has 0 saturated carbocycles. The van der Waals surface area contributed by atoms with Gasteiger partial charge in [0.05, 0.1) is 11.0 Å². The number of nitrogens with zero attached hydrogens (tertiary/aromatic N) is 4. The zero-order valence-corrected chi connectivity index (χ0v) is 35.6. The first kappa shape index (κ1) is 36.1. The summed E-state index contributed by atoms with van der Waals surface area (Å²) in [7, 11) is 0. The minimum Gasteiger partial charge on any atom is -0.456 e. The third-order valence-electron chi connectivity index (χ3n) is 13.0. The van der Waals surface area contributed by atoms with Crippen molar-refractivity contribution in [1.29, 1.82) is 0 Å². The smallest absolute Gasteiger partial charge is 0.164 e. The predicted molar refractivity (Wildman–Crippen MR) is 271 cm³/mol. The Bertz CT molecular complexity index is 4260. The second-order valence-corrected chi connectivity index (χ2v) is 17.8. The lowest BCUT2D eigenvalue weighted by atomic mass is 9.93. The van der Waals surface area contributed by atoms with Crippen LogP contribution in [-0.2, 0) is 0 Å². The lowest BCUT2D eigenvalue weighted by Crippen LogP contribution is -2.02. The van der Waals surface area contributed by atoms with Crippen molar-refractivity contribution >= 4 is 96.8 Å². The minimum atomic E-state index is 0.584. The topological polar surface area (TPSA) is 56.7 Å². The lowest BCUT2D eigenvalue weighted by molar-refractivity contribution is 0.669. The van der Waals surface area contributed by atoms with Crippen LogP contribution in [0.15, 0.2) is 211 Å². The van der Waals surface area contributed by atoms with Crippen LogP contribution in [0.4, 0.5) is 0 Å². The van der Waals surface area contributed by atoms with E-state index in [1.54, 1.807) is 0 Å². The normalized spacial score (nSPS) is 12.0. The Morgan fingerprint density at radius 2 is 1.02 bits per heavy atom. The second-order valence-electron chi connectivity index (χ2n) is 16.7. The van der Waals surface area contributed by atoms with E-state index in [0.717, 1.165) is 66.5 Å². The number of para-hydroxylation sites is 2. The van der Waals surface area contributed by atoms with Crippen LogP contribution >= 0.6 is 11.3 Å². The molecular formula is C59H34N4OS. The third-order valence-corrected chi connectivity index (χ3v) is 14.2. The van der Waals surface area contributed by atoms with Crippen LogP contribution in [0.1, 0.15) is 0 Å². The van der Waals surface area contributed by atoms with Gasteiger partial charge in [-0.25, -0.2) is 15.0 Å². The van der Waals surface area contributed by atoms with Crippen molar-refractivity contribution in [3.8, 4) is 51.0 Å². The number of furan rings is 1. The molecule has 10 aromatic carbocycles. The van der Waals surface area contributed by atoms with E-state index in [0.29, 0.717) is 17.5 Å². The third kappa shape index (κ3) is 5.54. The number of thiophene rings is 1. The van der Waals surface area contributed by atoms with E-state index in [-0.39, 0.29) is 0 Å². The van der Waals surface area contributed by atoms with Crippen LogP contribution in [0, 0.1) is 0 Å². The van der Waals surface area contributed by atoms with Gasteiger partial charge in [-0.15, -0.1) is 11.3 Å². The molecule has 0 aliphatic heterocycles. The highest BCUT2D eigenvalue weighted by Crippen LogP contribution is 2.47. The lowest BCUT2D eigenvalue weighted by Gasteiger charge is -2.17. The van der Waals surface area contributed by atoms with E-state index >= 15 is 0 Å². The summed E-state index contributed by atoms with van der Waals surface area (Å²) in [5, 5.41) is 11.8. The Hall–Kier alpha value is -8.45. The number of hydrogen-bond acceptors (Lipinski definition) is 5. The quantitative estimate of drug-likeness (QED) is 0.173. The van der Waals surface area contributed by atoms with E-state index in [9.17, 15) is 0 Å². The Morgan fingerprint density at radius 3 is 1.89 bits per heavy atom. The number of benzene rings is 10. The summed E-state index contributed by atoms with van der Waals surface area (Å²) in [5.41, 5.74) is 9.85. The van der Waals surface area contributed by atoms with Crippen LogP contribution in [0.3, 0.4) is 0 Å². The molecule has 302 valence electrons. The van der Waals surface area contributed by atoms with Crippen molar-refractivity contribution in [3.05, 3.63) is 206 Å². The van der Waals surface area contributed by atoms with Gasteiger partial charge in [0.25, 0.3) is 0 Å². The van der Waals surface area contributed by atoms with Crippen LogP contribution in [0.2, 0.25) is 0 Å². The van der Waals surface area contributed by atoms with Gasteiger partial charge in [0.1, 0.15) is 11.2 Å². The molecule has 0 radical (unpaired) electrons. The summed E-state index contributed by atoms with van der Waals surface area (Å²) in [6.45, 7) is 0. The molecule has 14 aromatic rings. The van der Waals surface area contributed by atoms with E-state index < -0.39 is 0 Å². The fraction of sp³-hybridized carbons (Fsp3) is 0. The molecule has 0 unspecified atom stereocenters. The molecule has 0 saturated heterocycles. The predicted octanol–water partition coefficient (Wildman–Crippen LogP) is 16.2. The Balaban J connectivity index is 1.10. The number of hydrogen-bond donors (Lipinski definition) is 0. The first-order chi connectivity index (χ1) is 32.2. The second kappa shape index (κ2) is 14.0. The molecule has 0 aliphatic rings. The van der Waals surface area contributed by atoms with Gasteiger partial charge < -0.3 is 8.98 Å². The minimum absolute atomic E-state index is 0.584. The molecule has 0 N–H and O–H groups in total. The fourth-order valence-electron chi connectivity index (χ4n) is 10.1. The van der Waals surface area contributed by atoms with Crippen molar-refractivity contribution in [3.63, 3.8) is 0 Å². The maximum absolute atomic E-state index is 6.38. The number of aromatic nitrogens is 4. The molecule has 4 heterocycles. The molecule has 0 aliphatic carbocycles.